The van der Waals surface area contributed by atoms with Gasteiger partial charge in [0.25, 0.3) is 0 Å². The van der Waals surface area contributed by atoms with Crippen LogP contribution < -0.4 is 4.74 Å². The molecule has 1 unspecified atom stereocenters. The molecule has 1 atom stereocenters. The van der Waals surface area contributed by atoms with E-state index in [2.05, 4.69) is 0 Å². The minimum Gasteiger partial charge on any atom is -0.490 e. The van der Waals surface area contributed by atoms with Crippen LogP contribution in [0.5, 0.6) is 5.75 Å². The molecule has 1 rings (SSSR count). The van der Waals surface area contributed by atoms with Crippen LogP contribution in [0.25, 0.3) is 0 Å². The Morgan fingerprint density at radius 1 is 1.50 bits per heavy atom. The molecule has 0 amide bonds. The molecule has 0 aliphatic rings. The highest BCUT2D eigenvalue weighted by atomic mass is 19.1. The Hall–Kier alpha value is -1.62. The lowest BCUT2D eigenvalue weighted by Gasteiger charge is -2.27. The zero-order valence-corrected chi connectivity index (χ0v) is 10.6. The molecular weight excluding hydrogens is 239 g/mol. The minimum atomic E-state index is -1.40. The van der Waals surface area contributed by atoms with Gasteiger partial charge in [-0.3, -0.25) is 0 Å². The third kappa shape index (κ3) is 3.20. The quantitative estimate of drug-likeness (QED) is 0.848. The van der Waals surface area contributed by atoms with Crippen LogP contribution >= 0.6 is 0 Å². The van der Waals surface area contributed by atoms with Gasteiger partial charge in [-0.05, 0) is 25.0 Å². The van der Waals surface area contributed by atoms with Crippen LogP contribution in [0.4, 0.5) is 4.39 Å². The first-order chi connectivity index (χ1) is 8.25. The van der Waals surface area contributed by atoms with E-state index < -0.39 is 23.0 Å². The third-order valence-corrected chi connectivity index (χ3v) is 2.95. The predicted octanol–water partition coefficient (Wildman–Crippen LogP) is 2.31. The van der Waals surface area contributed by atoms with Crippen LogP contribution in [0.2, 0.25) is 0 Å². The SMILES string of the molecule is CC(C)C(C)(O)COc1cccc(F)c1C(=O)O. The first-order valence-corrected chi connectivity index (χ1v) is 5.62. The fourth-order valence-corrected chi connectivity index (χ4v) is 1.22. The fourth-order valence-electron chi connectivity index (χ4n) is 1.22. The van der Waals surface area contributed by atoms with E-state index in [9.17, 15) is 14.3 Å². The number of carboxylic acid groups (broad SMARTS) is 1. The molecule has 0 fully saturated rings. The largest absolute Gasteiger partial charge is 0.490 e. The number of carbonyl (C=O) groups is 1. The summed E-state index contributed by atoms with van der Waals surface area (Å²) in [5, 5.41) is 18.9. The molecule has 0 heterocycles. The van der Waals surface area contributed by atoms with E-state index in [1.807, 2.05) is 13.8 Å². The zero-order chi connectivity index (χ0) is 13.9. The van der Waals surface area contributed by atoms with E-state index >= 15 is 0 Å². The highest BCUT2D eigenvalue weighted by Crippen LogP contribution is 2.24. The highest BCUT2D eigenvalue weighted by Gasteiger charge is 2.27. The van der Waals surface area contributed by atoms with E-state index in [4.69, 9.17) is 9.84 Å². The number of ether oxygens (including phenoxy) is 1. The molecular formula is C13H17FO4. The van der Waals surface area contributed by atoms with E-state index in [0.29, 0.717) is 0 Å². The molecule has 1 aromatic carbocycles. The van der Waals surface area contributed by atoms with Crippen LogP contribution in [0.3, 0.4) is 0 Å². The van der Waals surface area contributed by atoms with Crippen LogP contribution in [0.15, 0.2) is 18.2 Å². The van der Waals surface area contributed by atoms with Crippen LogP contribution in [0.1, 0.15) is 31.1 Å². The number of hydrogen-bond donors (Lipinski definition) is 2. The zero-order valence-electron chi connectivity index (χ0n) is 10.6. The monoisotopic (exact) mass is 256 g/mol. The van der Waals surface area contributed by atoms with Gasteiger partial charge in [0.2, 0.25) is 0 Å². The molecule has 0 bridgehead atoms. The maximum atomic E-state index is 13.4. The Kier molecular flexibility index (Phi) is 4.29. The third-order valence-electron chi connectivity index (χ3n) is 2.95. The Labute approximate surface area is 105 Å². The number of carboxylic acids is 1. The summed E-state index contributed by atoms with van der Waals surface area (Å²) >= 11 is 0. The Balaban J connectivity index is 2.92. The molecule has 5 heteroatoms. The van der Waals surface area contributed by atoms with Crippen molar-refractivity contribution < 1.29 is 24.1 Å². The van der Waals surface area contributed by atoms with E-state index in [-0.39, 0.29) is 18.3 Å². The second-order valence-corrected chi connectivity index (χ2v) is 4.72. The Bertz CT molecular complexity index is 441. The number of aromatic carboxylic acids is 1. The van der Waals surface area contributed by atoms with Crippen molar-refractivity contribution in [3.05, 3.63) is 29.6 Å². The molecule has 0 saturated heterocycles. The van der Waals surface area contributed by atoms with Crippen molar-refractivity contribution in [1.29, 1.82) is 0 Å². The fraction of sp³-hybridized carbons (Fsp3) is 0.462. The standard InChI is InChI=1S/C13H17FO4/c1-8(2)13(3,17)7-18-10-6-4-5-9(14)11(10)12(15)16/h4-6,8,17H,7H2,1-3H3,(H,15,16). The van der Waals surface area contributed by atoms with Crippen molar-refractivity contribution in [3.8, 4) is 5.75 Å². The average Bonchev–Trinajstić information content (AvgIpc) is 2.25. The summed E-state index contributed by atoms with van der Waals surface area (Å²) in [4.78, 5) is 10.9. The first-order valence-electron chi connectivity index (χ1n) is 5.62. The molecule has 0 aliphatic carbocycles. The van der Waals surface area contributed by atoms with E-state index in [1.54, 1.807) is 6.92 Å². The lowest BCUT2D eigenvalue weighted by atomic mass is 9.94. The summed E-state index contributed by atoms with van der Waals surface area (Å²) in [5.74, 6) is -2.40. The van der Waals surface area contributed by atoms with Gasteiger partial charge < -0.3 is 14.9 Å². The first kappa shape index (κ1) is 14.4. The smallest absolute Gasteiger partial charge is 0.342 e. The van der Waals surface area contributed by atoms with Gasteiger partial charge in [0.15, 0.2) is 0 Å². The van der Waals surface area contributed by atoms with Gasteiger partial charge in [-0.2, -0.15) is 0 Å². The van der Waals surface area contributed by atoms with Gasteiger partial charge in [0, 0.05) is 0 Å². The molecule has 100 valence electrons. The van der Waals surface area contributed by atoms with Crippen molar-refractivity contribution in [2.45, 2.75) is 26.4 Å². The lowest BCUT2D eigenvalue weighted by Crippen LogP contribution is -2.38. The summed E-state index contributed by atoms with van der Waals surface area (Å²) in [6.07, 6.45) is 0. The number of rotatable bonds is 5. The molecule has 18 heavy (non-hydrogen) atoms. The summed E-state index contributed by atoms with van der Waals surface area (Å²) in [5.41, 5.74) is -1.63. The lowest BCUT2D eigenvalue weighted by molar-refractivity contribution is -0.0270. The maximum absolute atomic E-state index is 13.4. The molecule has 0 aromatic heterocycles. The minimum absolute atomic E-state index is 0.0701. The van der Waals surface area contributed by atoms with Crippen molar-refractivity contribution in [2.75, 3.05) is 6.61 Å². The van der Waals surface area contributed by atoms with Gasteiger partial charge in [0.1, 0.15) is 23.7 Å². The van der Waals surface area contributed by atoms with Crippen molar-refractivity contribution >= 4 is 5.97 Å². The van der Waals surface area contributed by atoms with Gasteiger partial charge >= 0.3 is 5.97 Å². The molecule has 2 N–H and O–H groups in total. The van der Waals surface area contributed by atoms with E-state index in [1.165, 1.54) is 12.1 Å². The topological polar surface area (TPSA) is 66.8 Å². The van der Waals surface area contributed by atoms with Gasteiger partial charge in [-0.15, -0.1) is 0 Å². The number of hydrogen-bond acceptors (Lipinski definition) is 3. The van der Waals surface area contributed by atoms with Crippen molar-refractivity contribution in [1.82, 2.24) is 0 Å². The number of halogens is 1. The summed E-state index contributed by atoms with van der Waals surface area (Å²) < 4.78 is 18.6. The normalized spacial score (nSPS) is 14.3. The number of aliphatic hydroxyl groups is 1. The molecule has 4 nitrogen and oxygen atoms in total. The Morgan fingerprint density at radius 3 is 2.61 bits per heavy atom. The summed E-state index contributed by atoms with van der Waals surface area (Å²) in [7, 11) is 0. The highest BCUT2D eigenvalue weighted by molar-refractivity contribution is 5.91. The predicted molar refractivity (Wildman–Crippen MR) is 64.3 cm³/mol. The van der Waals surface area contributed by atoms with Gasteiger partial charge in [-0.1, -0.05) is 19.9 Å². The Morgan fingerprint density at radius 2 is 2.11 bits per heavy atom. The van der Waals surface area contributed by atoms with Crippen LogP contribution in [0, 0.1) is 11.7 Å². The molecule has 0 spiro atoms. The van der Waals surface area contributed by atoms with E-state index in [0.717, 1.165) is 6.07 Å². The average molecular weight is 256 g/mol. The van der Waals surface area contributed by atoms with Gasteiger partial charge in [0.05, 0.1) is 5.60 Å². The molecule has 0 saturated carbocycles. The summed E-state index contributed by atoms with van der Waals surface area (Å²) in [6, 6.07) is 3.78. The van der Waals surface area contributed by atoms with Crippen LogP contribution in [-0.4, -0.2) is 28.4 Å². The number of benzene rings is 1. The van der Waals surface area contributed by atoms with Crippen molar-refractivity contribution in [3.63, 3.8) is 0 Å². The van der Waals surface area contributed by atoms with Crippen molar-refractivity contribution in [2.24, 2.45) is 5.92 Å². The molecule has 0 aliphatic heterocycles. The second-order valence-electron chi connectivity index (χ2n) is 4.72. The maximum Gasteiger partial charge on any atom is 0.342 e. The molecule has 0 radical (unpaired) electrons. The van der Waals surface area contributed by atoms with Crippen LogP contribution in [-0.2, 0) is 0 Å². The van der Waals surface area contributed by atoms with Gasteiger partial charge in [-0.25, -0.2) is 9.18 Å². The molecule has 1 aromatic rings. The summed E-state index contributed by atoms with van der Waals surface area (Å²) in [6.45, 7) is 5.10. The second kappa shape index (κ2) is 5.35.